The van der Waals surface area contributed by atoms with Crippen LogP contribution < -0.4 is 24.6 Å². The van der Waals surface area contributed by atoms with Crippen molar-refractivity contribution in [2.24, 2.45) is 0 Å². The minimum Gasteiger partial charge on any atom is -0.493 e. The number of ether oxygens (including phenoxy) is 2. The average molecular weight is 364 g/mol. The van der Waals surface area contributed by atoms with Crippen molar-refractivity contribution >= 4 is 5.91 Å². The van der Waals surface area contributed by atoms with Gasteiger partial charge in [0.1, 0.15) is 32.7 Å². The molecule has 3 N–H and O–H groups in total. The predicted molar refractivity (Wildman–Crippen MR) is 100 cm³/mol. The topological polar surface area (TPSA) is 56.4 Å². The van der Waals surface area contributed by atoms with Gasteiger partial charge in [0.25, 0.3) is 5.91 Å². The molecule has 2 fully saturated rings. The maximum absolute atomic E-state index is 12.3. The monoisotopic (exact) mass is 363 g/mol. The minimum absolute atomic E-state index is 0.0555. The molecule has 6 heteroatoms. The molecule has 1 heterocycles. The Hall–Kier alpha value is -1.79. The quantitative estimate of drug-likeness (QED) is 0.580. The lowest BCUT2D eigenvalue weighted by Gasteiger charge is -2.33. The second kappa shape index (κ2) is 8.27. The third kappa shape index (κ3) is 4.48. The summed E-state index contributed by atoms with van der Waals surface area (Å²) >= 11 is 0. The number of quaternary nitrogens is 2. The fraction of sp³-hybridized carbons (Fsp3) is 0.650. The van der Waals surface area contributed by atoms with Crippen LogP contribution in [0.3, 0.4) is 0 Å². The average Bonchev–Trinajstić information content (AvgIpc) is 3.47. The van der Waals surface area contributed by atoms with E-state index in [1.807, 2.05) is 0 Å². The van der Waals surface area contributed by atoms with E-state index in [-0.39, 0.29) is 11.9 Å². The number of hydrogen-bond donors (Lipinski definition) is 3. The number of rotatable bonds is 7. The summed E-state index contributed by atoms with van der Waals surface area (Å²) in [5.41, 5.74) is 2.54. The zero-order valence-corrected chi connectivity index (χ0v) is 16.5. The highest BCUT2D eigenvalue weighted by molar-refractivity contribution is 5.80. The number of methoxy groups -OCH3 is 2. The molecule has 26 heavy (non-hydrogen) atoms. The molecule has 0 bridgehead atoms. The smallest absolute Gasteiger partial charge is 0.278 e. The molecule has 1 aliphatic heterocycles. The van der Waals surface area contributed by atoms with Crippen molar-refractivity contribution in [1.82, 2.24) is 5.32 Å². The van der Waals surface area contributed by atoms with Gasteiger partial charge in [0.15, 0.2) is 17.5 Å². The molecule has 1 saturated carbocycles. The normalized spacial score (nSPS) is 24.0. The van der Waals surface area contributed by atoms with E-state index in [1.54, 1.807) is 19.1 Å². The first-order valence-electron chi connectivity index (χ1n) is 9.71. The van der Waals surface area contributed by atoms with Crippen molar-refractivity contribution in [3.8, 4) is 11.5 Å². The molecule has 6 nitrogen and oxygen atoms in total. The fourth-order valence-corrected chi connectivity index (χ4v) is 3.76. The largest absolute Gasteiger partial charge is 0.493 e. The van der Waals surface area contributed by atoms with E-state index in [0.717, 1.165) is 57.1 Å². The van der Waals surface area contributed by atoms with Gasteiger partial charge in [-0.25, -0.2) is 0 Å². The van der Waals surface area contributed by atoms with Crippen molar-refractivity contribution in [2.45, 2.75) is 45.3 Å². The molecular weight excluding hydrogens is 330 g/mol. The number of carbonyl (C=O) groups excluding carboxylic acids is 1. The standard InChI is InChI=1S/C20H31N3O3/c1-14-11-18(25-3)19(26-4)12-16(14)13-22-7-9-23(10-8-22)15(2)20(24)21-17-5-6-17/h11-12,15,17H,5-10,13H2,1-4H3,(H,21,24)/p+2/t15-/m0/s1. The maximum Gasteiger partial charge on any atom is 0.278 e. The van der Waals surface area contributed by atoms with Gasteiger partial charge in [-0.15, -0.1) is 0 Å². The van der Waals surface area contributed by atoms with Crippen LogP contribution in [0.4, 0.5) is 0 Å². The molecule has 144 valence electrons. The number of amides is 1. The van der Waals surface area contributed by atoms with Crippen LogP contribution in [-0.2, 0) is 11.3 Å². The molecule has 0 aromatic heterocycles. The lowest BCUT2D eigenvalue weighted by molar-refractivity contribution is -1.02. The van der Waals surface area contributed by atoms with E-state index in [9.17, 15) is 4.79 Å². The molecule has 1 aromatic carbocycles. The van der Waals surface area contributed by atoms with Crippen molar-refractivity contribution in [2.75, 3.05) is 40.4 Å². The summed E-state index contributed by atoms with van der Waals surface area (Å²) < 4.78 is 10.8. The Balaban J connectivity index is 1.54. The number of carbonyl (C=O) groups is 1. The van der Waals surface area contributed by atoms with Crippen molar-refractivity contribution < 1.29 is 24.1 Å². The Morgan fingerprint density at radius 2 is 1.77 bits per heavy atom. The summed E-state index contributed by atoms with van der Waals surface area (Å²) in [7, 11) is 3.35. The van der Waals surface area contributed by atoms with Crippen LogP contribution in [0.5, 0.6) is 11.5 Å². The molecule has 1 saturated heterocycles. The highest BCUT2D eigenvalue weighted by atomic mass is 16.5. The highest BCUT2D eigenvalue weighted by Crippen LogP contribution is 2.29. The van der Waals surface area contributed by atoms with Crippen LogP contribution >= 0.6 is 0 Å². The molecule has 0 radical (unpaired) electrons. The SMILES string of the molecule is COc1cc(C)c(C[NH+]2CC[NH+]([C@@H](C)C(=O)NC3CC3)CC2)cc1OC. The van der Waals surface area contributed by atoms with Gasteiger partial charge in [-0.3, -0.25) is 4.79 Å². The minimum atomic E-state index is 0.0555. The van der Waals surface area contributed by atoms with Crippen LogP contribution in [0, 0.1) is 6.92 Å². The van der Waals surface area contributed by atoms with Gasteiger partial charge in [-0.05, 0) is 44.4 Å². The van der Waals surface area contributed by atoms with E-state index in [0.29, 0.717) is 6.04 Å². The van der Waals surface area contributed by atoms with Crippen LogP contribution in [0.1, 0.15) is 30.9 Å². The number of benzene rings is 1. The van der Waals surface area contributed by atoms with E-state index in [2.05, 4.69) is 31.3 Å². The first kappa shape index (κ1) is 19.0. The van der Waals surface area contributed by atoms with Gasteiger partial charge < -0.3 is 24.6 Å². The van der Waals surface area contributed by atoms with Crippen LogP contribution in [-0.4, -0.2) is 58.4 Å². The van der Waals surface area contributed by atoms with Crippen molar-refractivity contribution in [3.63, 3.8) is 0 Å². The first-order chi connectivity index (χ1) is 12.5. The molecule has 1 atom stereocenters. The third-order valence-electron chi connectivity index (χ3n) is 5.81. The zero-order chi connectivity index (χ0) is 18.7. The Morgan fingerprint density at radius 3 is 2.35 bits per heavy atom. The van der Waals surface area contributed by atoms with Gasteiger partial charge >= 0.3 is 0 Å². The molecular formula is C20H33N3O3+2. The Bertz CT molecular complexity index is 637. The zero-order valence-electron chi connectivity index (χ0n) is 16.5. The summed E-state index contributed by atoms with van der Waals surface area (Å²) in [6, 6.07) is 4.66. The summed E-state index contributed by atoms with van der Waals surface area (Å²) in [4.78, 5) is 15.3. The van der Waals surface area contributed by atoms with E-state index in [4.69, 9.17) is 9.47 Å². The number of aryl methyl sites for hydroxylation is 1. The summed E-state index contributed by atoms with van der Waals surface area (Å²) in [6.07, 6.45) is 2.30. The molecule has 3 rings (SSSR count). The van der Waals surface area contributed by atoms with Crippen LogP contribution in [0.15, 0.2) is 12.1 Å². The maximum atomic E-state index is 12.3. The van der Waals surface area contributed by atoms with Crippen molar-refractivity contribution in [1.29, 1.82) is 0 Å². The Labute approximate surface area is 156 Å². The predicted octanol–water partition coefficient (Wildman–Crippen LogP) is -1.04. The molecule has 2 aliphatic rings. The second-order valence-corrected chi connectivity index (χ2v) is 7.72. The van der Waals surface area contributed by atoms with Gasteiger partial charge in [0, 0.05) is 11.6 Å². The lowest BCUT2D eigenvalue weighted by Crippen LogP contribution is -3.29. The third-order valence-corrected chi connectivity index (χ3v) is 5.81. The number of piperazine rings is 1. The van der Waals surface area contributed by atoms with Gasteiger partial charge in [-0.2, -0.15) is 0 Å². The summed E-state index contributed by atoms with van der Waals surface area (Å²) in [6.45, 7) is 9.44. The van der Waals surface area contributed by atoms with Crippen LogP contribution in [0.2, 0.25) is 0 Å². The summed E-state index contributed by atoms with van der Waals surface area (Å²) in [5, 5.41) is 3.14. The molecule has 1 amide bonds. The van der Waals surface area contributed by atoms with E-state index >= 15 is 0 Å². The van der Waals surface area contributed by atoms with E-state index < -0.39 is 0 Å². The lowest BCUT2D eigenvalue weighted by atomic mass is 10.1. The number of nitrogens with one attached hydrogen (secondary N) is 3. The first-order valence-corrected chi connectivity index (χ1v) is 9.71. The molecule has 0 unspecified atom stereocenters. The fourth-order valence-electron chi connectivity index (χ4n) is 3.76. The molecule has 1 aliphatic carbocycles. The van der Waals surface area contributed by atoms with E-state index in [1.165, 1.54) is 16.0 Å². The molecule has 1 aromatic rings. The van der Waals surface area contributed by atoms with Gasteiger partial charge in [0.05, 0.1) is 14.2 Å². The summed E-state index contributed by atoms with van der Waals surface area (Å²) in [5.74, 6) is 1.80. The number of hydrogen-bond acceptors (Lipinski definition) is 3. The molecule has 0 spiro atoms. The van der Waals surface area contributed by atoms with Crippen molar-refractivity contribution in [3.05, 3.63) is 23.3 Å². The van der Waals surface area contributed by atoms with Gasteiger partial charge in [0.2, 0.25) is 0 Å². The van der Waals surface area contributed by atoms with Crippen LogP contribution in [0.25, 0.3) is 0 Å². The Morgan fingerprint density at radius 1 is 1.15 bits per heavy atom. The second-order valence-electron chi connectivity index (χ2n) is 7.72. The highest BCUT2D eigenvalue weighted by Gasteiger charge is 2.33. The van der Waals surface area contributed by atoms with Gasteiger partial charge in [-0.1, -0.05) is 0 Å². The Kier molecular flexibility index (Phi) is 6.04.